The summed E-state index contributed by atoms with van der Waals surface area (Å²) in [7, 11) is 3.29. The molecule has 2 N–H and O–H groups in total. The summed E-state index contributed by atoms with van der Waals surface area (Å²) in [6, 6.07) is 0. The van der Waals surface area contributed by atoms with Gasteiger partial charge in [-0.15, -0.1) is 11.3 Å². The van der Waals surface area contributed by atoms with E-state index in [2.05, 4.69) is 20.5 Å². The van der Waals surface area contributed by atoms with Crippen LogP contribution in [0, 0.1) is 6.92 Å². The zero-order valence-electron chi connectivity index (χ0n) is 13.1. The second kappa shape index (κ2) is 5.89. The molecule has 0 radical (unpaired) electrons. The van der Waals surface area contributed by atoms with Crippen molar-refractivity contribution in [2.75, 3.05) is 5.32 Å². The number of carbonyl (C=O) groups is 2. The molecule has 3 aromatic heterocycles. The summed E-state index contributed by atoms with van der Waals surface area (Å²) in [5, 5.41) is 22.0. The maximum Gasteiger partial charge on any atom is 0.354 e. The molecule has 3 rings (SSSR count). The van der Waals surface area contributed by atoms with Gasteiger partial charge >= 0.3 is 5.97 Å². The molecule has 0 fully saturated rings. The Labute approximate surface area is 140 Å². The summed E-state index contributed by atoms with van der Waals surface area (Å²) >= 11 is 1.25. The molecule has 3 heterocycles. The highest BCUT2D eigenvalue weighted by Gasteiger charge is 2.22. The van der Waals surface area contributed by atoms with E-state index in [9.17, 15) is 14.7 Å². The Morgan fingerprint density at radius 1 is 1.33 bits per heavy atom. The Bertz CT molecular complexity index is 938. The highest BCUT2D eigenvalue weighted by molar-refractivity contribution is 7.14. The summed E-state index contributed by atoms with van der Waals surface area (Å²) in [5.74, 6) is -1.78. The van der Waals surface area contributed by atoms with Gasteiger partial charge in [0.1, 0.15) is 0 Å². The molecule has 0 saturated heterocycles. The van der Waals surface area contributed by atoms with Crippen molar-refractivity contribution in [1.82, 2.24) is 24.5 Å². The number of rotatable bonds is 4. The van der Waals surface area contributed by atoms with Crippen LogP contribution in [0.15, 0.2) is 17.8 Å². The number of hydrogen-bond donors (Lipinski definition) is 2. The first kappa shape index (κ1) is 15.9. The number of carbonyl (C=O) groups excluding carboxylic acids is 1. The van der Waals surface area contributed by atoms with Crippen LogP contribution in [0.4, 0.5) is 5.13 Å². The molecule has 0 aliphatic rings. The summed E-state index contributed by atoms with van der Waals surface area (Å²) < 4.78 is 2.83. The summed E-state index contributed by atoms with van der Waals surface area (Å²) in [4.78, 5) is 27.9. The molecule has 3 aromatic rings. The maximum absolute atomic E-state index is 12.3. The third-order valence-corrected chi connectivity index (χ3v) is 4.16. The first-order valence-electron chi connectivity index (χ1n) is 6.89. The predicted molar refractivity (Wildman–Crippen MR) is 87.2 cm³/mol. The van der Waals surface area contributed by atoms with Gasteiger partial charge in [0, 0.05) is 31.2 Å². The molecule has 0 spiro atoms. The summed E-state index contributed by atoms with van der Waals surface area (Å²) in [6.07, 6.45) is 3.07. The van der Waals surface area contributed by atoms with E-state index >= 15 is 0 Å². The minimum Gasteiger partial charge on any atom is -0.477 e. The summed E-state index contributed by atoms with van der Waals surface area (Å²) in [5.41, 5.74) is 2.22. The van der Waals surface area contributed by atoms with Crippen LogP contribution in [0.1, 0.15) is 26.5 Å². The average Bonchev–Trinajstić information content (AvgIpc) is 3.18. The fourth-order valence-electron chi connectivity index (χ4n) is 2.33. The van der Waals surface area contributed by atoms with Crippen LogP contribution >= 0.6 is 11.3 Å². The number of carboxylic acid groups (broad SMARTS) is 1. The van der Waals surface area contributed by atoms with Crippen molar-refractivity contribution in [3.05, 3.63) is 34.7 Å². The second-order valence-corrected chi connectivity index (χ2v) is 5.99. The van der Waals surface area contributed by atoms with Crippen LogP contribution < -0.4 is 5.32 Å². The van der Waals surface area contributed by atoms with Crippen molar-refractivity contribution in [2.24, 2.45) is 14.1 Å². The maximum atomic E-state index is 12.3. The van der Waals surface area contributed by atoms with Gasteiger partial charge in [-0.3, -0.25) is 19.5 Å². The predicted octanol–water partition coefficient (Wildman–Crippen LogP) is 1.54. The van der Waals surface area contributed by atoms with Crippen molar-refractivity contribution in [3.63, 3.8) is 0 Å². The van der Waals surface area contributed by atoms with E-state index in [-0.39, 0.29) is 11.3 Å². The fraction of sp³-hybridized carbons (Fsp3) is 0.214. The van der Waals surface area contributed by atoms with Gasteiger partial charge < -0.3 is 5.11 Å². The third kappa shape index (κ3) is 2.78. The number of thiazole rings is 1. The van der Waals surface area contributed by atoms with Gasteiger partial charge in [-0.2, -0.15) is 10.2 Å². The third-order valence-electron chi connectivity index (χ3n) is 3.40. The van der Waals surface area contributed by atoms with Crippen molar-refractivity contribution >= 4 is 28.3 Å². The largest absolute Gasteiger partial charge is 0.477 e. The minimum atomic E-state index is -1.22. The number of nitrogens with one attached hydrogen (secondary N) is 1. The molecule has 0 aliphatic carbocycles. The van der Waals surface area contributed by atoms with Crippen molar-refractivity contribution < 1.29 is 14.7 Å². The first-order chi connectivity index (χ1) is 11.4. The number of anilines is 1. The molecule has 0 bridgehead atoms. The van der Waals surface area contributed by atoms with Crippen LogP contribution in [-0.4, -0.2) is 41.5 Å². The standard InChI is InChI=1S/C14H14N6O3S/c1-7-9(5-19(2)18-7)10-6-24-14(16-10)17-12(21)8-4-15-20(3)11(8)13(22)23/h4-6H,1-3H3,(H,22,23)(H,16,17,21). The monoisotopic (exact) mass is 346 g/mol. The molecule has 9 nitrogen and oxygen atoms in total. The molecule has 0 aliphatic heterocycles. The van der Waals surface area contributed by atoms with Crippen LogP contribution in [0.2, 0.25) is 0 Å². The van der Waals surface area contributed by atoms with Gasteiger partial charge in [-0.1, -0.05) is 0 Å². The Morgan fingerprint density at radius 3 is 2.71 bits per heavy atom. The number of aromatic nitrogens is 5. The number of amides is 1. The lowest BCUT2D eigenvalue weighted by Gasteiger charge is -2.01. The van der Waals surface area contributed by atoms with E-state index in [1.54, 1.807) is 10.1 Å². The highest BCUT2D eigenvalue weighted by Crippen LogP contribution is 2.27. The smallest absolute Gasteiger partial charge is 0.354 e. The van der Waals surface area contributed by atoms with E-state index in [1.807, 2.05) is 20.2 Å². The normalized spacial score (nSPS) is 10.8. The van der Waals surface area contributed by atoms with E-state index in [0.717, 1.165) is 15.9 Å². The van der Waals surface area contributed by atoms with Gasteiger partial charge in [-0.05, 0) is 6.92 Å². The molecule has 124 valence electrons. The fourth-order valence-corrected chi connectivity index (χ4v) is 3.03. The number of nitrogens with zero attached hydrogens (tertiary/aromatic N) is 5. The van der Waals surface area contributed by atoms with Crippen LogP contribution in [-0.2, 0) is 14.1 Å². The number of aryl methyl sites for hydroxylation is 3. The Hall–Kier alpha value is -3.01. The molecule has 0 atom stereocenters. The van der Waals surface area contributed by atoms with E-state index in [1.165, 1.54) is 24.6 Å². The summed E-state index contributed by atoms with van der Waals surface area (Å²) in [6.45, 7) is 1.88. The molecular formula is C14H14N6O3S. The number of hydrogen-bond acceptors (Lipinski definition) is 6. The van der Waals surface area contributed by atoms with Gasteiger partial charge in [-0.25, -0.2) is 9.78 Å². The topological polar surface area (TPSA) is 115 Å². The number of carboxylic acids is 1. The Kier molecular flexibility index (Phi) is 3.89. The molecule has 0 aromatic carbocycles. The molecule has 1 amide bonds. The minimum absolute atomic E-state index is 0.0145. The zero-order valence-corrected chi connectivity index (χ0v) is 14.0. The van der Waals surface area contributed by atoms with Crippen molar-refractivity contribution in [1.29, 1.82) is 0 Å². The van der Waals surface area contributed by atoms with Gasteiger partial charge in [0.15, 0.2) is 10.8 Å². The average molecular weight is 346 g/mol. The zero-order chi connectivity index (χ0) is 17.4. The van der Waals surface area contributed by atoms with Gasteiger partial charge in [0.25, 0.3) is 5.91 Å². The van der Waals surface area contributed by atoms with Crippen molar-refractivity contribution in [2.45, 2.75) is 6.92 Å². The van der Waals surface area contributed by atoms with E-state index in [4.69, 9.17) is 0 Å². The van der Waals surface area contributed by atoms with Gasteiger partial charge in [0.05, 0.1) is 23.1 Å². The Balaban J connectivity index is 1.84. The molecule has 0 unspecified atom stereocenters. The lowest BCUT2D eigenvalue weighted by atomic mass is 10.2. The molecular weight excluding hydrogens is 332 g/mol. The van der Waals surface area contributed by atoms with Crippen LogP contribution in [0.3, 0.4) is 0 Å². The lowest BCUT2D eigenvalue weighted by molar-refractivity contribution is 0.0680. The van der Waals surface area contributed by atoms with Crippen LogP contribution in [0.25, 0.3) is 11.3 Å². The second-order valence-electron chi connectivity index (χ2n) is 5.13. The van der Waals surface area contributed by atoms with E-state index in [0.29, 0.717) is 10.8 Å². The van der Waals surface area contributed by atoms with E-state index < -0.39 is 11.9 Å². The molecule has 0 saturated carbocycles. The number of aromatic carboxylic acids is 1. The lowest BCUT2D eigenvalue weighted by Crippen LogP contribution is -2.17. The highest BCUT2D eigenvalue weighted by atomic mass is 32.1. The molecule has 24 heavy (non-hydrogen) atoms. The van der Waals surface area contributed by atoms with Crippen molar-refractivity contribution in [3.8, 4) is 11.3 Å². The van der Waals surface area contributed by atoms with Gasteiger partial charge in [0.2, 0.25) is 0 Å². The Morgan fingerprint density at radius 2 is 2.08 bits per heavy atom. The first-order valence-corrected chi connectivity index (χ1v) is 7.77. The quantitative estimate of drug-likeness (QED) is 0.740. The van der Waals surface area contributed by atoms with Crippen LogP contribution in [0.5, 0.6) is 0 Å². The molecule has 10 heteroatoms. The SMILES string of the molecule is Cc1nn(C)cc1-c1csc(NC(=O)c2cnn(C)c2C(=O)O)n1.